The zero-order valence-electron chi connectivity index (χ0n) is 8.61. The van der Waals surface area contributed by atoms with Crippen LogP contribution in [0, 0.1) is 0 Å². The molecular formula is C13H10ClNO. The number of pyridine rings is 1. The van der Waals surface area contributed by atoms with E-state index >= 15 is 0 Å². The average molecular weight is 232 g/mol. The Morgan fingerprint density at radius 1 is 1.19 bits per heavy atom. The quantitative estimate of drug-likeness (QED) is 0.695. The number of halogens is 1. The Kier molecular flexibility index (Phi) is 2.29. The molecular weight excluding hydrogens is 222 g/mol. The van der Waals surface area contributed by atoms with Gasteiger partial charge in [-0.2, -0.15) is 0 Å². The molecule has 1 aromatic heterocycles. The van der Waals surface area contributed by atoms with Gasteiger partial charge in [0.15, 0.2) is 0 Å². The maximum absolute atomic E-state index is 6.17. The molecule has 0 aliphatic carbocycles. The van der Waals surface area contributed by atoms with Crippen molar-refractivity contribution < 1.29 is 4.74 Å². The van der Waals surface area contributed by atoms with Crippen molar-refractivity contribution in [2.75, 3.05) is 0 Å². The van der Waals surface area contributed by atoms with Crippen molar-refractivity contribution in [2.24, 2.45) is 0 Å². The third kappa shape index (κ3) is 1.55. The van der Waals surface area contributed by atoms with Gasteiger partial charge in [-0.15, -0.1) is 0 Å². The van der Waals surface area contributed by atoms with Crippen molar-refractivity contribution in [3.8, 4) is 5.75 Å². The van der Waals surface area contributed by atoms with Gasteiger partial charge in [0.2, 0.25) is 0 Å². The van der Waals surface area contributed by atoms with Gasteiger partial charge in [-0.25, -0.2) is 0 Å². The Labute approximate surface area is 98.8 Å². The van der Waals surface area contributed by atoms with Crippen molar-refractivity contribution in [2.45, 2.75) is 13.0 Å². The van der Waals surface area contributed by atoms with Gasteiger partial charge in [0.05, 0.1) is 5.69 Å². The molecule has 2 aromatic rings. The number of benzene rings is 1. The highest BCUT2D eigenvalue weighted by Gasteiger charge is 2.16. The predicted molar refractivity (Wildman–Crippen MR) is 62.8 cm³/mol. The summed E-state index contributed by atoms with van der Waals surface area (Å²) < 4.78 is 5.73. The molecule has 0 N–H and O–H groups in total. The third-order valence-electron chi connectivity index (χ3n) is 2.79. The zero-order valence-corrected chi connectivity index (χ0v) is 9.37. The van der Waals surface area contributed by atoms with Crippen LogP contribution in [0.5, 0.6) is 5.75 Å². The van der Waals surface area contributed by atoms with Crippen molar-refractivity contribution in [1.82, 2.24) is 4.98 Å². The van der Waals surface area contributed by atoms with Gasteiger partial charge in [0.25, 0.3) is 0 Å². The highest BCUT2D eigenvalue weighted by molar-refractivity contribution is 6.31. The first kappa shape index (κ1) is 9.67. The van der Waals surface area contributed by atoms with Crippen LogP contribution in [-0.4, -0.2) is 4.98 Å². The Bertz CT molecular complexity index is 539. The summed E-state index contributed by atoms with van der Waals surface area (Å²) in [6.45, 7) is 0.566. The van der Waals surface area contributed by atoms with Crippen LogP contribution in [0.25, 0.3) is 0 Å². The van der Waals surface area contributed by atoms with E-state index in [4.69, 9.17) is 16.3 Å². The molecule has 0 spiro atoms. The number of hydrogen-bond donors (Lipinski definition) is 0. The summed E-state index contributed by atoms with van der Waals surface area (Å²) in [5.41, 5.74) is 3.21. The van der Waals surface area contributed by atoms with E-state index in [9.17, 15) is 0 Å². The molecule has 2 heterocycles. The van der Waals surface area contributed by atoms with Crippen LogP contribution in [0.4, 0.5) is 0 Å². The third-order valence-corrected chi connectivity index (χ3v) is 3.14. The first-order chi connectivity index (χ1) is 7.84. The Hall–Kier alpha value is -1.54. The van der Waals surface area contributed by atoms with Crippen molar-refractivity contribution >= 4 is 11.6 Å². The van der Waals surface area contributed by atoms with Crippen molar-refractivity contribution in [3.05, 3.63) is 58.4 Å². The molecule has 1 aliphatic heterocycles. The number of fused-ring (bicyclic) bond motifs is 2. The molecule has 3 rings (SSSR count). The lowest BCUT2D eigenvalue weighted by molar-refractivity contribution is 0.306. The second-order valence-electron chi connectivity index (χ2n) is 3.79. The van der Waals surface area contributed by atoms with Gasteiger partial charge >= 0.3 is 0 Å². The SMILES string of the molecule is Clc1cccc2c1Cc1ncccc1CO2. The minimum absolute atomic E-state index is 0.566. The molecule has 16 heavy (non-hydrogen) atoms. The summed E-state index contributed by atoms with van der Waals surface area (Å²) in [6.07, 6.45) is 2.55. The van der Waals surface area contributed by atoms with Crippen molar-refractivity contribution in [1.29, 1.82) is 0 Å². The fraction of sp³-hybridized carbons (Fsp3) is 0.154. The summed E-state index contributed by atoms with van der Waals surface area (Å²) in [4.78, 5) is 4.38. The van der Waals surface area contributed by atoms with E-state index in [2.05, 4.69) is 4.98 Å². The second kappa shape index (κ2) is 3.80. The minimum atomic E-state index is 0.566. The molecule has 0 saturated heterocycles. The number of nitrogens with zero attached hydrogens (tertiary/aromatic N) is 1. The maximum atomic E-state index is 6.17. The summed E-state index contributed by atoms with van der Waals surface area (Å²) >= 11 is 6.17. The largest absolute Gasteiger partial charge is 0.488 e. The monoisotopic (exact) mass is 231 g/mol. The van der Waals surface area contributed by atoms with Gasteiger partial charge < -0.3 is 4.74 Å². The standard InChI is InChI=1S/C13H10ClNO/c14-11-4-1-5-13-10(11)7-12-9(8-16-13)3-2-6-15-12/h1-6H,7-8H2. The van der Waals surface area contributed by atoms with Crippen LogP contribution in [0.1, 0.15) is 16.8 Å². The van der Waals surface area contributed by atoms with Gasteiger partial charge in [0, 0.05) is 28.8 Å². The van der Waals surface area contributed by atoms with Crippen LogP contribution in [-0.2, 0) is 13.0 Å². The van der Waals surface area contributed by atoms with E-state index in [1.165, 1.54) is 0 Å². The maximum Gasteiger partial charge on any atom is 0.124 e. The molecule has 3 heteroatoms. The summed E-state index contributed by atoms with van der Waals surface area (Å²) in [7, 11) is 0. The molecule has 0 unspecified atom stereocenters. The molecule has 0 amide bonds. The van der Waals surface area contributed by atoms with Gasteiger partial charge in [-0.05, 0) is 18.2 Å². The summed E-state index contributed by atoms with van der Waals surface area (Å²) in [5, 5.41) is 0.746. The lowest BCUT2D eigenvalue weighted by atomic mass is 10.1. The molecule has 0 saturated carbocycles. The Balaban J connectivity index is 2.13. The van der Waals surface area contributed by atoms with E-state index in [1.807, 2.05) is 30.3 Å². The first-order valence-corrected chi connectivity index (χ1v) is 5.55. The average Bonchev–Trinajstić information content (AvgIpc) is 2.50. The van der Waals surface area contributed by atoms with E-state index in [0.717, 1.165) is 34.0 Å². The number of rotatable bonds is 0. The Morgan fingerprint density at radius 3 is 3.06 bits per heavy atom. The van der Waals surface area contributed by atoms with Crippen LogP contribution >= 0.6 is 11.6 Å². The zero-order chi connectivity index (χ0) is 11.0. The second-order valence-corrected chi connectivity index (χ2v) is 4.20. The molecule has 1 aliphatic rings. The van der Waals surface area contributed by atoms with E-state index in [0.29, 0.717) is 6.61 Å². The topological polar surface area (TPSA) is 22.1 Å². The van der Waals surface area contributed by atoms with Crippen LogP contribution in [0.2, 0.25) is 5.02 Å². The number of ether oxygens (including phenoxy) is 1. The summed E-state index contributed by atoms with van der Waals surface area (Å²) in [5.74, 6) is 0.866. The number of hydrogen-bond acceptors (Lipinski definition) is 2. The fourth-order valence-corrected chi connectivity index (χ4v) is 2.16. The molecule has 0 bridgehead atoms. The smallest absolute Gasteiger partial charge is 0.124 e. The predicted octanol–water partition coefficient (Wildman–Crippen LogP) is 3.22. The van der Waals surface area contributed by atoms with E-state index < -0.39 is 0 Å². The molecule has 2 nitrogen and oxygen atoms in total. The van der Waals surface area contributed by atoms with Gasteiger partial charge in [-0.1, -0.05) is 23.7 Å². The highest BCUT2D eigenvalue weighted by atomic mass is 35.5. The first-order valence-electron chi connectivity index (χ1n) is 5.17. The molecule has 0 radical (unpaired) electrons. The normalized spacial score (nSPS) is 13.3. The molecule has 1 aromatic carbocycles. The van der Waals surface area contributed by atoms with E-state index in [1.54, 1.807) is 6.20 Å². The van der Waals surface area contributed by atoms with E-state index in [-0.39, 0.29) is 0 Å². The van der Waals surface area contributed by atoms with Crippen LogP contribution in [0.15, 0.2) is 36.5 Å². The molecule has 80 valence electrons. The number of aromatic nitrogens is 1. The fourth-order valence-electron chi connectivity index (χ4n) is 1.93. The molecule has 0 fully saturated rings. The Morgan fingerprint density at radius 2 is 2.12 bits per heavy atom. The van der Waals surface area contributed by atoms with Gasteiger partial charge in [-0.3, -0.25) is 4.98 Å². The lowest BCUT2D eigenvalue weighted by Gasteiger charge is -2.07. The molecule has 0 atom stereocenters. The summed E-state index contributed by atoms with van der Waals surface area (Å²) in [6, 6.07) is 9.72. The van der Waals surface area contributed by atoms with Crippen LogP contribution in [0.3, 0.4) is 0 Å². The van der Waals surface area contributed by atoms with Crippen molar-refractivity contribution in [3.63, 3.8) is 0 Å². The highest BCUT2D eigenvalue weighted by Crippen LogP contribution is 2.32. The minimum Gasteiger partial charge on any atom is -0.488 e. The van der Waals surface area contributed by atoms with Crippen LogP contribution < -0.4 is 4.74 Å². The lowest BCUT2D eigenvalue weighted by Crippen LogP contribution is -1.97. The van der Waals surface area contributed by atoms with Gasteiger partial charge in [0.1, 0.15) is 12.4 Å².